The molecule has 0 radical (unpaired) electrons. The molecule has 0 aromatic carbocycles. The molecule has 4 aliphatic rings. The highest BCUT2D eigenvalue weighted by molar-refractivity contribution is 5.33. The number of hydrogen-bond donors (Lipinski definition) is 1. The highest BCUT2D eigenvalue weighted by Crippen LogP contribution is 2.56. The van der Waals surface area contributed by atoms with Crippen LogP contribution in [0.4, 0.5) is 0 Å². The Kier molecular flexibility index (Phi) is 2.94. The van der Waals surface area contributed by atoms with Gasteiger partial charge in [-0.3, -0.25) is 0 Å². The number of aromatic nitrogens is 2. The molecule has 0 unspecified atom stereocenters. The monoisotopic (exact) mass is 326 g/mol. The van der Waals surface area contributed by atoms with Crippen LogP contribution >= 0.6 is 0 Å². The van der Waals surface area contributed by atoms with Gasteiger partial charge in [-0.2, -0.15) is 0 Å². The summed E-state index contributed by atoms with van der Waals surface area (Å²) in [5, 5.41) is 10.6. The Morgan fingerprint density at radius 2 is 1.83 bits per heavy atom. The summed E-state index contributed by atoms with van der Waals surface area (Å²) in [4.78, 5) is 0. The van der Waals surface area contributed by atoms with Gasteiger partial charge in [0, 0.05) is 41.0 Å². The van der Waals surface area contributed by atoms with E-state index in [0.29, 0.717) is 12.0 Å². The molecule has 4 heteroatoms. The van der Waals surface area contributed by atoms with Gasteiger partial charge in [0.15, 0.2) is 0 Å². The molecule has 2 aromatic heterocycles. The zero-order chi connectivity index (χ0) is 16.7. The predicted octanol–water partition coefficient (Wildman–Crippen LogP) is 3.13. The fourth-order valence-electron chi connectivity index (χ4n) is 5.86. The van der Waals surface area contributed by atoms with Gasteiger partial charge in [-0.15, -0.1) is 0 Å². The van der Waals surface area contributed by atoms with Gasteiger partial charge in [0.2, 0.25) is 0 Å². The highest BCUT2D eigenvalue weighted by atomic mass is 16.5. The van der Waals surface area contributed by atoms with E-state index in [4.69, 9.17) is 4.74 Å². The average Bonchev–Trinajstić information content (AvgIpc) is 2.98. The van der Waals surface area contributed by atoms with E-state index < -0.39 is 0 Å². The van der Waals surface area contributed by atoms with Gasteiger partial charge in [-0.25, -0.2) is 0 Å². The minimum absolute atomic E-state index is 0.0956. The normalized spacial score (nSPS) is 37.7. The van der Waals surface area contributed by atoms with Gasteiger partial charge in [-0.05, 0) is 52.0 Å². The maximum Gasteiger partial charge on any atom is 0.0996 e. The lowest BCUT2D eigenvalue weighted by molar-refractivity contribution is -0.162. The van der Waals surface area contributed by atoms with Crippen molar-refractivity contribution in [2.75, 3.05) is 0 Å². The minimum atomic E-state index is -0.370. The number of nitrogens with zero attached hydrogens (tertiary/aromatic N) is 2. The van der Waals surface area contributed by atoms with Crippen molar-refractivity contribution in [3.05, 3.63) is 47.0 Å². The molecule has 4 nitrogen and oxygen atoms in total. The molecule has 7 atom stereocenters. The zero-order valence-electron chi connectivity index (χ0n) is 14.8. The first-order valence-electron chi connectivity index (χ1n) is 9.17. The van der Waals surface area contributed by atoms with E-state index in [1.165, 1.54) is 22.8 Å². The van der Waals surface area contributed by atoms with Crippen LogP contribution in [0.2, 0.25) is 0 Å². The second-order valence-corrected chi connectivity index (χ2v) is 8.02. The van der Waals surface area contributed by atoms with Gasteiger partial charge < -0.3 is 19.0 Å². The van der Waals surface area contributed by atoms with E-state index in [-0.39, 0.29) is 30.3 Å². The molecule has 1 N–H and O–H groups in total. The summed E-state index contributed by atoms with van der Waals surface area (Å²) in [6.07, 6.45) is 0.795. The molecule has 1 fully saturated rings. The van der Waals surface area contributed by atoms with Gasteiger partial charge in [-0.1, -0.05) is 0 Å². The molecule has 1 saturated heterocycles. The van der Waals surface area contributed by atoms with E-state index in [9.17, 15) is 5.11 Å². The topological polar surface area (TPSA) is 39.3 Å². The minimum Gasteiger partial charge on any atom is -0.393 e. The Morgan fingerprint density at radius 1 is 1.12 bits per heavy atom. The lowest BCUT2D eigenvalue weighted by atomic mass is 9.70. The standard InChI is InChI=1S/C20H26N2O2/c1-10-6-8-15-18-17(13(4)23)16-9-14-7-5-11(2)22(14)19(18)20(24-16)12(3)21(10)15/h5-8,12-13,16-20,23H,9H2,1-4H3/t12-,13+,16-,17+,18-,19+,20-/m1/s1. The quantitative estimate of drug-likeness (QED) is 0.874. The summed E-state index contributed by atoms with van der Waals surface area (Å²) >= 11 is 0. The second-order valence-electron chi connectivity index (χ2n) is 8.02. The molecule has 4 bridgehead atoms. The summed E-state index contributed by atoms with van der Waals surface area (Å²) in [7, 11) is 0. The van der Waals surface area contributed by atoms with Crippen LogP contribution in [0.1, 0.15) is 54.6 Å². The lowest BCUT2D eigenvalue weighted by Gasteiger charge is -2.53. The van der Waals surface area contributed by atoms with E-state index in [2.05, 4.69) is 54.2 Å². The third-order valence-electron chi connectivity index (χ3n) is 6.73. The molecule has 24 heavy (non-hydrogen) atoms. The summed E-state index contributed by atoms with van der Waals surface area (Å²) in [5.74, 6) is 0.456. The largest absolute Gasteiger partial charge is 0.393 e. The fourth-order valence-corrected chi connectivity index (χ4v) is 5.86. The maximum atomic E-state index is 10.6. The van der Waals surface area contributed by atoms with Crippen molar-refractivity contribution in [1.29, 1.82) is 0 Å². The van der Waals surface area contributed by atoms with Crippen LogP contribution in [0, 0.1) is 19.8 Å². The van der Waals surface area contributed by atoms with Gasteiger partial charge in [0.25, 0.3) is 0 Å². The van der Waals surface area contributed by atoms with Gasteiger partial charge in [0.05, 0.1) is 30.4 Å². The van der Waals surface area contributed by atoms with Crippen LogP contribution in [0.15, 0.2) is 24.3 Å². The molecular formula is C20H26N2O2. The van der Waals surface area contributed by atoms with E-state index in [1.54, 1.807) is 0 Å². The van der Waals surface area contributed by atoms with Crippen molar-refractivity contribution >= 4 is 0 Å². The maximum absolute atomic E-state index is 10.6. The van der Waals surface area contributed by atoms with Crippen molar-refractivity contribution in [1.82, 2.24) is 9.13 Å². The Morgan fingerprint density at radius 3 is 2.58 bits per heavy atom. The summed E-state index contributed by atoms with van der Waals surface area (Å²) in [6.45, 7) is 8.60. The number of fused-ring (bicyclic) bond motifs is 1. The van der Waals surface area contributed by atoms with Crippen LogP contribution in [-0.2, 0) is 11.2 Å². The van der Waals surface area contributed by atoms with Crippen molar-refractivity contribution in [2.45, 2.75) is 70.4 Å². The summed E-state index contributed by atoms with van der Waals surface area (Å²) in [6, 6.07) is 9.59. The molecule has 0 spiro atoms. The third kappa shape index (κ3) is 1.66. The van der Waals surface area contributed by atoms with Crippen LogP contribution in [0.5, 0.6) is 0 Å². The number of aliphatic hydroxyl groups excluding tert-OH is 1. The molecule has 128 valence electrons. The molecular weight excluding hydrogens is 300 g/mol. The first-order valence-corrected chi connectivity index (χ1v) is 9.17. The first-order chi connectivity index (χ1) is 11.5. The highest BCUT2D eigenvalue weighted by Gasteiger charge is 2.56. The second kappa shape index (κ2) is 4.77. The van der Waals surface area contributed by atoms with Gasteiger partial charge >= 0.3 is 0 Å². The molecule has 2 aromatic rings. The molecule has 0 amide bonds. The number of aryl methyl sites for hydroxylation is 2. The Balaban J connectivity index is 1.80. The SMILES string of the molecule is Cc1ccc2n1[C@@H]1[C@@H]3O[C@H](C2)[C@H]([C@H](C)O)[C@H]1c1ccc(C)n1[C@@H]3C. The number of rotatable bonds is 1. The van der Waals surface area contributed by atoms with E-state index in [1.807, 2.05) is 6.92 Å². The van der Waals surface area contributed by atoms with Crippen LogP contribution in [0.3, 0.4) is 0 Å². The smallest absolute Gasteiger partial charge is 0.0996 e. The third-order valence-corrected chi connectivity index (χ3v) is 6.73. The summed E-state index contributed by atoms with van der Waals surface area (Å²) < 4.78 is 11.6. The first kappa shape index (κ1) is 14.8. The molecule has 0 aliphatic carbocycles. The summed E-state index contributed by atoms with van der Waals surface area (Å²) in [5.41, 5.74) is 5.34. The molecule has 0 saturated carbocycles. The van der Waals surface area contributed by atoms with E-state index in [0.717, 1.165) is 6.42 Å². The van der Waals surface area contributed by atoms with Crippen LogP contribution in [-0.4, -0.2) is 32.6 Å². The Labute approximate surface area is 143 Å². The molecule has 4 aliphatic heterocycles. The zero-order valence-corrected chi connectivity index (χ0v) is 14.8. The van der Waals surface area contributed by atoms with Crippen molar-refractivity contribution < 1.29 is 9.84 Å². The van der Waals surface area contributed by atoms with Crippen molar-refractivity contribution in [2.24, 2.45) is 5.92 Å². The predicted molar refractivity (Wildman–Crippen MR) is 92.4 cm³/mol. The number of hydrogen-bond acceptors (Lipinski definition) is 2. The fraction of sp³-hybridized carbons (Fsp3) is 0.600. The number of aliphatic hydroxyl groups is 1. The number of ether oxygens (including phenoxy) is 1. The lowest BCUT2D eigenvalue weighted by Crippen LogP contribution is -2.55. The van der Waals surface area contributed by atoms with E-state index >= 15 is 0 Å². The van der Waals surface area contributed by atoms with Crippen molar-refractivity contribution in [3.8, 4) is 0 Å². The molecule has 6 heterocycles. The van der Waals surface area contributed by atoms with Crippen molar-refractivity contribution in [3.63, 3.8) is 0 Å². The Hall–Kier alpha value is -1.52. The Bertz CT molecular complexity index is 803. The van der Waals surface area contributed by atoms with Crippen LogP contribution in [0.25, 0.3) is 0 Å². The van der Waals surface area contributed by atoms with Crippen LogP contribution < -0.4 is 0 Å². The average molecular weight is 326 g/mol. The van der Waals surface area contributed by atoms with Gasteiger partial charge in [0.1, 0.15) is 0 Å². The molecule has 6 rings (SSSR count).